The fourth-order valence-electron chi connectivity index (χ4n) is 3.18. The van der Waals surface area contributed by atoms with Crippen LogP contribution in [0.2, 0.25) is 5.02 Å². The van der Waals surface area contributed by atoms with E-state index in [2.05, 4.69) is 14.7 Å². The molecule has 0 aliphatic heterocycles. The smallest absolute Gasteiger partial charge is 0.283 e. The monoisotopic (exact) mass is 478 g/mol. The van der Waals surface area contributed by atoms with Crippen LogP contribution in [0.25, 0.3) is 11.2 Å². The van der Waals surface area contributed by atoms with Crippen LogP contribution in [0.4, 0.5) is 0 Å². The van der Waals surface area contributed by atoms with Crippen LogP contribution in [0.5, 0.6) is 5.75 Å². The Bertz CT molecular complexity index is 1240. The molecule has 1 amide bonds. The number of unbranched alkanes of at least 4 members (excludes halogenated alkanes) is 1. The summed E-state index contributed by atoms with van der Waals surface area (Å²) in [6, 6.07) is 8.61. The van der Waals surface area contributed by atoms with Gasteiger partial charge in [0.25, 0.3) is 5.91 Å². The van der Waals surface area contributed by atoms with Crippen LogP contribution in [0, 0.1) is 6.92 Å². The van der Waals surface area contributed by atoms with Gasteiger partial charge in [0.15, 0.2) is 5.65 Å². The summed E-state index contributed by atoms with van der Waals surface area (Å²) in [4.78, 5) is 21.4. The maximum absolute atomic E-state index is 12.5. The van der Waals surface area contributed by atoms with Crippen LogP contribution in [-0.2, 0) is 16.6 Å². The maximum Gasteiger partial charge on any atom is 0.283 e. The van der Waals surface area contributed by atoms with E-state index < -0.39 is 15.9 Å². The van der Waals surface area contributed by atoms with Crippen molar-refractivity contribution < 1.29 is 17.9 Å². The second kappa shape index (κ2) is 9.87. The van der Waals surface area contributed by atoms with E-state index in [4.69, 9.17) is 16.3 Å². The van der Waals surface area contributed by atoms with Gasteiger partial charge < -0.3 is 9.30 Å². The van der Waals surface area contributed by atoms with Gasteiger partial charge in [-0.3, -0.25) is 4.79 Å². The lowest BCUT2D eigenvalue weighted by Gasteiger charge is -2.13. The lowest BCUT2D eigenvalue weighted by molar-refractivity contribution is 0.0977. The number of benzene rings is 1. The van der Waals surface area contributed by atoms with E-state index >= 15 is 0 Å². The Morgan fingerprint density at radius 2 is 1.97 bits per heavy atom. The zero-order chi connectivity index (χ0) is 23.5. The van der Waals surface area contributed by atoms with E-state index in [-0.39, 0.29) is 17.6 Å². The number of fused-ring (bicyclic) bond motifs is 1. The Balaban J connectivity index is 1.89. The van der Waals surface area contributed by atoms with Gasteiger partial charge >= 0.3 is 0 Å². The normalized spacial score (nSPS) is 11.8. The number of hydrogen-bond acceptors (Lipinski definition) is 6. The molecule has 0 spiro atoms. The molecule has 0 unspecified atom stereocenters. The van der Waals surface area contributed by atoms with E-state index in [1.165, 1.54) is 6.07 Å². The average Bonchev–Trinajstić information content (AvgIpc) is 3.02. The minimum absolute atomic E-state index is 0.00509. The van der Waals surface area contributed by atoms with Crippen LogP contribution in [0.3, 0.4) is 0 Å². The van der Waals surface area contributed by atoms with Crippen LogP contribution in [0.1, 0.15) is 55.5 Å². The number of hydrogen-bond donors (Lipinski definition) is 1. The van der Waals surface area contributed by atoms with Gasteiger partial charge in [-0.05, 0) is 57.0 Å². The summed E-state index contributed by atoms with van der Waals surface area (Å²) in [5.74, 6) is 0.506. The standard InChI is InChI=1S/C22H27ClN4O4S/c1-5-6-11-32(29,30)26-22(28)20-10-9-19-21(25-20)27(15(4)24-19)13-16-7-8-17(12-18(16)23)31-14(2)3/h7-10,12,14H,5-6,11,13H2,1-4H3,(H,26,28). The van der Waals surface area contributed by atoms with E-state index in [0.717, 1.165) is 5.56 Å². The van der Waals surface area contributed by atoms with Crippen molar-refractivity contribution >= 4 is 38.7 Å². The fraction of sp³-hybridized carbons (Fsp3) is 0.409. The van der Waals surface area contributed by atoms with Gasteiger partial charge in [0, 0.05) is 5.02 Å². The van der Waals surface area contributed by atoms with Crippen LogP contribution < -0.4 is 9.46 Å². The lowest BCUT2D eigenvalue weighted by Crippen LogP contribution is -2.33. The fourth-order valence-corrected chi connectivity index (χ4v) is 4.57. The van der Waals surface area contributed by atoms with Crippen LogP contribution >= 0.6 is 11.6 Å². The highest BCUT2D eigenvalue weighted by atomic mass is 35.5. The predicted molar refractivity (Wildman–Crippen MR) is 125 cm³/mol. The van der Waals surface area contributed by atoms with E-state index in [1.54, 1.807) is 12.1 Å². The predicted octanol–water partition coefficient (Wildman–Crippen LogP) is 4.09. The van der Waals surface area contributed by atoms with Gasteiger partial charge in [0.1, 0.15) is 22.8 Å². The first-order chi connectivity index (χ1) is 15.1. The van der Waals surface area contributed by atoms with Crippen molar-refractivity contribution in [2.24, 2.45) is 0 Å². The molecule has 32 heavy (non-hydrogen) atoms. The first-order valence-electron chi connectivity index (χ1n) is 10.4. The number of nitrogens with zero attached hydrogens (tertiary/aromatic N) is 3. The maximum atomic E-state index is 12.5. The van der Waals surface area contributed by atoms with Crippen LogP contribution in [0.15, 0.2) is 30.3 Å². The number of sulfonamides is 1. The molecule has 3 rings (SSSR count). The lowest BCUT2D eigenvalue weighted by atomic mass is 10.2. The summed E-state index contributed by atoms with van der Waals surface area (Å²) in [6.45, 7) is 7.98. The van der Waals surface area contributed by atoms with E-state index in [9.17, 15) is 13.2 Å². The summed E-state index contributed by atoms with van der Waals surface area (Å²) in [7, 11) is -3.71. The number of nitrogens with one attached hydrogen (secondary N) is 1. The van der Waals surface area contributed by atoms with Crippen LogP contribution in [-0.4, -0.2) is 40.7 Å². The number of amides is 1. The number of carbonyl (C=O) groups is 1. The van der Waals surface area contributed by atoms with Gasteiger partial charge in [-0.15, -0.1) is 0 Å². The molecule has 0 saturated heterocycles. The SMILES string of the molecule is CCCCS(=O)(=O)NC(=O)c1ccc2nc(C)n(Cc3ccc(OC(C)C)cc3Cl)c2n1. The third-order valence-corrected chi connectivity index (χ3v) is 6.43. The number of aryl methyl sites for hydroxylation is 1. The molecule has 2 heterocycles. The Hall–Kier alpha value is -2.65. The van der Waals surface area contributed by atoms with Crippen molar-refractivity contribution in [1.29, 1.82) is 0 Å². The Morgan fingerprint density at radius 3 is 2.62 bits per heavy atom. The molecule has 0 fully saturated rings. The van der Waals surface area contributed by atoms with E-state index in [1.807, 2.05) is 44.4 Å². The average molecular weight is 479 g/mol. The second-order valence-electron chi connectivity index (χ2n) is 7.81. The van der Waals surface area contributed by atoms with Gasteiger partial charge in [0.2, 0.25) is 10.0 Å². The first kappa shape index (κ1) is 24.0. The van der Waals surface area contributed by atoms with Gasteiger partial charge in [-0.2, -0.15) is 0 Å². The molecule has 0 radical (unpaired) electrons. The Kier molecular flexibility index (Phi) is 7.40. The quantitative estimate of drug-likeness (QED) is 0.496. The number of rotatable bonds is 9. The molecule has 0 atom stereocenters. The molecule has 1 N–H and O–H groups in total. The minimum atomic E-state index is -3.71. The number of imidazole rings is 1. The third-order valence-electron chi connectivity index (χ3n) is 4.76. The second-order valence-corrected chi connectivity index (χ2v) is 10.1. The molecular formula is C22H27ClN4O4S. The molecular weight excluding hydrogens is 452 g/mol. The molecule has 8 nitrogen and oxygen atoms in total. The summed E-state index contributed by atoms with van der Waals surface area (Å²) >= 11 is 6.46. The number of carbonyl (C=O) groups excluding carboxylic acids is 1. The minimum Gasteiger partial charge on any atom is -0.491 e. The van der Waals surface area contributed by atoms with Gasteiger partial charge in [-0.25, -0.2) is 23.1 Å². The van der Waals surface area contributed by atoms with Crippen molar-refractivity contribution in [3.05, 3.63) is 52.4 Å². The van der Waals surface area contributed by atoms with Crippen molar-refractivity contribution in [3.63, 3.8) is 0 Å². The Morgan fingerprint density at radius 1 is 1.22 bits per heavy atom. The highest BCUT2D eigenvalue weighted by molar-refractivity contribution is 7.90. The van der Waals surface area contributed by atoms with Crippen molar-refractivity contribution in [3.8, 4) is 5.75 Å². The topological polar surface area (TPSA) is 103 Å². The molecule has 0 bridgehead atoms. The van der Waals surface area contributed by atoms with Crippen molar-refractivity contribution in [1.82, 2.24) is 19.3 Å². The summed E-state index contributed by atoms with van der Waals surface area (Å²) in [5, 5.41) is 0.542. The Labute approximate surface area is 193 Å². The molecule has 172 valence electrons. The highest BCUT2D eigenvalue weighted by Gasteiger charge is 2.19. The number of halogens is 1. The zero-order valence-corrected chi connectivity index (χ0v) is 20.1. The number of ether oxygens (including phenoxy) is 1. The number of aromatic nitrogens is 3. The summed E-state index contributed by atoms with van der Waals surface area (Å²) in [5.41, 5.74) is 1.91. The molecule has 1 aromatic carbocycles. The third kappa shape index (κ3) is 5.77. The molecule has 10 heteroatoms. The number of pyridine rings is 1. The first-order valence-corrected chi connectivity index (χ1v) is 12.5. The summed E-state index contributed by atoms with van der Waals surface area (Å²) < 4.78 is 33.8. The molecule has 3 aromatic rings. The molecule has 0 aliphatic carbocycles. The molecule has 0 aliphatic rings. The zero-order valence-electron chi connectivity index (χ0n) is 18.6. The molecule has 0 saturated carbocycles. The van der Waals surface area contributed by atoms with Gasteiger partial charge in [-0.1, -0.05) is 31.0 Å². The van der Waals surface area contributed by atoms with Crippen molar-refractivity contribution in [2.75, 3.05) is 5.75 Å². The summed E-state index contributed by atoms with van der Waals surface area (Å²) in [6.07, 6.45) is 1.23. The van der Waals surface area contributed by atoms with Crippen molar-refractivity contribution in [2.45, 2.75) is 53.2 Å². The largest absolute Gasteiger partial charge is 0.491 e. The van der Waals surface area contributed by atoms with E-state index in [0.29, 0.717) is 47.1 Å². The van der Waals surface area contributed by atoms with Gasteiger partial charge in [0.05, 0.1) is 18.4 Å². The molecule has 2 aromatic heterocycles. The highest BCUT2D eigenvalue weighted by Crippen LogP contribution is 2.26.